The first-order valence-corrected chi connectivity index (χ1v) is 10.0. The zero-order valence-corrected chi connectivity index (χ0v) is 17.5. The van der Waals surface area contributed by atoms with Crippen molar-refractivity contribution in [1.29, 1.82) is 0 Å². The molecule has 27 heavy (non-hydrogen) atoms. The van der Waals surface area contributed by atoms with Gasteiger partial charge in [0.1, 0.15) is 6.04 Å². The maximum Gasteiger partial charge on any atom is 0.327 e. The number of hydrogen-bond acceptors (Lipinski definition) is 6. The molecular formula is C20H24ClNO4S. The number of rotatable bonds is 4. The van der Waals surface area contributed by atoms with E-state index in [1.165, 1.54) is 30.2 Å². The van der Waals surface area contributed by atoms with Crippen LogP contribution >= 0.6 is 22.9 Å². The van der Waals surface area contributed by atoms with E-state index in [0.717, 1.165) is 24.1 Å². The quantitative estimate of drug-likeness (QED) is 0.689. The average Bonchev–Trinajstić information content (AvgIpc) is 3.05. The van der Waals surface area contributed by atoms with Gasteiger partial charge in [-0.1, -0.05) is 37.6 Å². The van der Waals surface area contributed by atoms with E-state index >= 15 is 0 Å². The molecule has 1 aromatic carbocycles. The molecule has 2 aromatic rings. The number of halogens is 1. The molecule has 0 spiro atoms. The maximum atomic E-state index is 12.4. The third-order valence-corrected chi connectivity index (χ3v) is 5.46. The molecule has 0 saturated carbocycles. The maximum absolute atomic E-state index is 12.4. The second-order valence-electron chi connectivity index (χ2n) is 5.81. The van der Waals surface area contributed by atoms with Crippen molar-refractivity contribution in [2.75, 3.05) is 13.7 Å². The van der Waals surface area contributed by atoms with Gasteiger partial charge in [0.2, 0.25) is 0 Å². The first-order valence-electron chi connectivity index (χ1n) is 8.85. The Morgan fingerprint density at radius 2 is 1.89 bits per heavy atom. The van der Waals surface area contributed by atoms with Gasteiger partial charge < -0.3 is 9.47 Å². The van der Waals surface area contributed by atoms with Gasteiger partial charge in [0.05, 0.1) is 7.11 Å². The standard InChI is InChI=1S/C18H18ClNO4S.C2H6/c1-11(21)24-16-9-13-10-20(8-7-15(13)25-16)17(18(22)23-2)12-3-5-14(19)6-4-12;1-2/h3-6,9,17H,7-8,10H2,1-2H3;1-2H3/t17-;/m0./s1. The van der Waals surface area contributed by atoms with Crippen molar-refractivity contribution in [3.8, 4) is 5.06 Å². The van der Waals surface area contributed by atoms with Gasteiger partial charge in [0, 0.05) is 29.9 Å². The Kier molecular flexibility index (Phi) is 7.83. The zero-order chi connectivity index (χ0) is 20.0. The van der Waals surface area contributed by atoms with Crippen molar-refractivity contribution in [2.24, 2.45) is 0 Å². The lowest BCUT2D eigenvalue weighted by atomic mass is 10.0. The molecular weight excluding hydrogens is 386 g/mol. The highest BCUT2D eigenvalue weighted by Gasteiger charge is 2.32. The average molecular weight is 410 g/mol. The molecule has 1 aromatic heterocycles. The van der Waals surface area contributed by atoms with Crippen LogP contribution < -0.4 is 4.74 Å². The van der Waals surface area contributed by atoms with E-state index in [1.54, 1.807) is 12.1 Å². The number of carbonyl (C=O) groups excluding carboxylic acids is 2. The van der Waals surface area contributed by atoms with Crippen LogP contribution in [-0.2, 0) is 27.3 Å². The van der Waals surface area contributed by atoms with Crippen molar-refractivity contribution in [1.82, 2.24) is 4.90 Å². The van der Waals surface area contributed by atoms with Gasteiger partial charge in [-0.3, -0.25) is 9.69 Å². The molecule has 0 aliphatic carbocycles. The van der Waals surface area contributed by atoms with Crippen LogP contribution in [0.15, 0.2) is 30.3 Å². The summed E-state index contributed by atoms with van der Waals surface area (Å²) in [5.41, 5.74) is 1.92. The van der Waals surface area contributed by atoms with E-state index in [-0.39, 0.29) is 11.9 Å². The predicted molar refractivity (Wildman–Crippen MR) is 107 cm³/mol. The summed E-state index contributed by atoms with van der Waals surface area (Å²) in [7, 11) is 1.39. The molecule has 0 amide bonds. The van der Waals surface area contributed by atoms with Crippen molar-refractivity contribution in [3.05, 3.63) is 51.4 Å². The first kappa shape index (κ1) is 21.4. The summed E-state index contributed by atoms with van der Waals surface area (Å²) < 4.78 is 10.2. The number of esters is 2. The second kappa shape index (κ2) is 9.88. The fourth-order valence-corrected chi connectivity index (χ4v) is 4.17. The predicted octanol–water partition coefficient (Wildman–Crippen LogP) is 4.63. The van der Waals surface area contributed by atoms with E-state index in [2.05, 4.69) is 4.90 Å². The number of nitrogens with zero attached hydrogens (tertiary/aromatic N) is 1. The number of thiophene rings is 1. The van der Waals surface area contributed by atoms with Crippen molar-refractivity contribution in [2.45, 2.75) is 39.8 Å². The van der Waals surface area contributed by atoms with Crippen LogP contribution in [0.25, 0.3) is 0 Å². The molecule has 3 rings (SSSR count). The van der Waals surface area contributed by atoms with Gasteiger partial charge in [-0.25, -0.2) is 4.79 Å². The van der Waals surface area contributed by atoms with Crippen LogP contribution in [-0.4, -0.2) is 30.5 Å². The van der Waals surface area contributed by atoms with Gasteiger partial charge in [0.25, 0.3) is 0 Å². The zero-order valence-electron chi connectivity index (χ0n) is 16.0. The lowest BCUT2D eigenvalue weighted by Crippen LogP contribution is -2.38. The SMILES string of the molecule is CC.COC(=O)[C@H](c1ccc(Cl)cc1)N1CCc2sc(OC(C)=O)cc2C1. The Balaban J connectivity index is 0.00000126. The second-order valence-corrected chi connectivity index (χ2v) is 7.34. The minimum absolute atomic E-state index is 0.304. The molecule has 7 heteroatoms. The van der Waals surface area contributed by atoms with E-state index in [1.807, 2.05) is 32.0 Å². The van der Waals surface area contributed by atoms with Crippen molar-refractivity contribution in [3.63, 3.8) is 0 Å². The van der Waals surface area contributed by atoms with Crippen molar-refractivity contribution < 1.29 is 19.1 Å². The molecule has 0 saturated heterocycles. The molecule has 1 aliphatic rings. The molecule has 5 nitrogen and oxygen atoms in total. The molecule has 0 radical (unpaired) electrons. The van der Waals surface area contributed by atoms with Gasteiger partial charge in [-0.05, 0) is 35.7 Å². The lowest BCUT2D eigenvalue weighted by molar-refractivity contribution is -0.147. The normalized spacial score (nSPS) is 14.4. The molecule has 0 N–H and O–H groups in total. The largest absolute Gasteiger partial charge is 0.468 e. The molecule has 0 bridgehead atoms. The Morgan fingerprint density at radius 1 is 1.22 bits per heavy atom. The fourth-order valence-electron chi connectivity index (χ4n) is 2.99. The Morgan fingerprint density at radius 3 is 2.48 bits per heavy atom. The highest BCUT2D eigenvalue weighted by atomic mass is 35.5. The van der Waals surface area contributed by atoms with E-state index < -0.39 is 6.04 Å². The topological polar surface area (TPSA) is 55.8 Å². The van der Waals surface area contributed by atoms with Crippen LogP contribution in [0.2, 0.25) is 5.02 Å². The highest BCUT2D eigenvalue weighted by molar-refractivity contribution is 7.14. The summed E-state index contributed by atoms with van der Waals surface area (Å²) in [4.78, 5) is 26.8. The first-order chi connectivity index (χ1) is 13.0. The molecule has 2 heterocycles. The van der Waals surface area contributed by atoms with Gasteiger partial charge in [-0.15, -0.1) is 11.3 Å². The fraction of sp³-hybridized carbons (Fsp3) is 0.400. The number of hydrogen-bond donors (Lipinski definition) is 0. The van der Waals surface area contributed by atoms with Crippen molar-refractivity contribution >= 4 is 34.9 Å². The lowest BCUT2D eigenvalue weighted by Gasteiger charge is -2.33. The van der Waals surface area contributed by atoms with Crippen LogP contribution in [0.5, 0.6) is 5.06 Å². The third kappa shape index (κ3) is 5.31. The van der Waals surface area contributed by atoms with Crippen LogP contribution in [0.4, 0.5) is 0 Å². The molecule has 0 unspecified atom stereocenters. The Labute approximate surface area is 168 Å². The van der Waals surface area contributed by atoms with E-state index in [9.17, 15) is 9.59 Å². The number of fused-ring (bicyclic) bond motifs is 1. The van der Waals surface area contributed by atoms with Crippen LogP contribution in [0.3, 0.4) is 0 Å². The van der Waals surface area contributed by atoms with Crippen LogP contribution in [0, 0.1) is 0 Å². The third-order valence-electron chi connectivity index (χ3n) is 4.09. The molecule has 1 aliphatic heterocycles. The minimum Gasteiger partial charge on any atom is -0.468 e. The van der Waals surface area contributed by atoms with Gasteiger partial charge >= 0.3 is 11.9 Å². The number of methoxy groups -OCH3 is 1. The Bertz CT molecular complexity index is 788. The summed E-state index contributed by atoms with van der Waals surface area (Å²) in [5.74, 6) is -0.634. The number of ether oxygens (including phenoxy) is 2. The summed E-state index contributed by atoms with van der Waals surface area (Å²) in [6, 6.07) is 8.61. The summed E-state index contributed by atoms with van der Waals surface area (Å²) in [6.45, 7) is 6.70. The highest BCUT2D eigenvalue weighted by Crippen LogP contribution is 2.36. The molecule has 146 valence electrons. The van der Waals surface area contributed by atoms with E-state index in [0.29, 0.717) is 16.6 Å². The minimum atomic E-state index is -0.493. The number of carbonyl (C=O) groups is 2. The van der Waals surface area contributed by atoms with Crippen LogP contribution in [0.1, 0.15) is 42.8 Å². The monoisotopic (exact) mass is 409 g/mol. The Hall–Kier alpha value is -1.89. The summed E-state index contributed by atoms with van der Waals surface area (Å²) in [5, 5.41) is 1.22. The summed E-state index contributed by atoms with van der Waals surface area (Å²) in [6.07, 6.45) is 0.794. The van der Waals surface area contributed by atoms with Gasteiger partial charge in [0.15, 0.2) is 5.06 Å². The number of benzene rings is 1. The van der Waals surface area contributed by atoms with E-state index in [4.69, 9.17) is 21.1 Å². The summed E-state index contributed by atoms with van der Waals surface area (Å²) >= 11 is 7.44. The molecule has 0 fully saturated rings. The molecule has 1 atom stereocenters. The van der Waals surface area contributed by atoms with Gasteiger partial charge in [-0.2, -0.15) is 0 Å². The smallest absolute Gasteiger partial charge is 0.327 e.